The summed E-state index contributed by atoms with van der Waals surface area (Å²) < 4.78 is 86.9. The fraction of sp³-hybridized carbons (Fsp3) is 0.469. The summed E-state index contributed by atoms with van der Waals surface area (Å²) in [6.07, 6.45) is -7.92. The van der Waals surface area contributed by atoms with E-state index >= 15 is 0 Å². The summed E-state index contributed by atoms with van der Waals surface area (Å²) in [6, 6.07) is 8.62. The van der Waals surface area contributed by atoms with E-state index in [2.05, 4.69) is 40.5 Å². The number of amides is 1. The van der Waals surface area contributed by atoms with Gasteiger partial charge in [0.1, 0.15) is 0 Å². The Labute approximate surface area is 251 Å². The number of aromatic amines is 1. The number of morpholine rings is 1. The van der Waals surface area contributed by atoms with Crippen molar-refractivity contribution in [2.75, 3.05) is 45.9 Å². The molecule has 1 unspecified atom stereocenters. The summed E-state index contributed by atoms with van der Waals surface area (Å²) in [7, 11) is 0. The van der Waals surface area contributed by atoms with Gasteiger partial charge in [-0.15, -0.1) is 0 Å². The molecule has 0 radical (unpaired) electrons. The highest BCUT2D eigenvalue weighted by Gasteiger charge is 2.39. The predicted molar refractivity (Wildman–Crippen MR) is 154 cm³/mol. The SMILES string of the molecule is C[C@H]1COC[C@H](C)N1CC#CCN1CCN(C(=O)c2cc(C(F)(F)F)cc(C(F)(F)F)c2)C(Cc2c[nH]c3ccccc23)C1. The van der Waals surface area contributed by atoms with Crippen molar-refractivity contribution in [2.45, 2.75) is 50.7 Å². The maximum Gasteiger partial charge on any atom is 0.416 e. The molecule has 2 aromatic carbocycles. The summed E-state index contributed by atoms with van der Waals surface area (Å²) in [4.78, 5) is 22.6. The summed E-state index contributed by atoms with van der Waals surface area (Å²) in [5, 5.41) is 0.934. The van der Waals surface area contributed by atoms with Crippen LogP contribution in [-0.4, -0.2) is 89.7 Å². The van der Waals surface area contributed by atoms with E-state index in [1.165, 1.54) is 4.90 Å². The quantitative estimate of drug-likeness (QED) is 0.295. The van der Waals surface area contributed by atoms with Gasteiger partial charge in [0.2, 0.25) is 0 Å². The minimum absolute atomic E-state index is 0.0369. The number of hydrogen-bond donors (Lipinski definition) is 1. The van der Waals surface area contributed by atoms with Gasteiger partial charge >= 0.3 is 12.4 Å². The smallest absolute Gasteiger partial charge is 0.378 e. The van der Waals surface area contributed by atoms with Gasteiger partial charge in [-0.3, -0.25) is 14.6 Å². The molecule has 1 amide bonds. The number of alkyl halides is 6. The number of aromatic nitrogens is 1. The number of para-hydroxylation sites is 1. The number of piperazine rings is 1. The zero-order chi connectivity index (χ0) is 31.6. The van der Waals surface area contributed by atoms with E-state index in [1.807, 2.05) is 30.5 Å². The standard InChI is InChI=1S/C32H34F6N4O2/c1-21-19-44-20-22(2)41(21)10-6-5-9-40-11-12-42(27(18-40)15-24-17-39-29-8-4-3-7-28(24)29)30(43)23-13-25(31(33,34)35)16-26(14-23)32(36,37)38/h3-4,7-8,13-14,16-17,21-22,27,39H,9-12,15,18-20H2,1-2H3/t21-,22-,27?/m0/s1. The van der Waals surface area contributed by atoms with E-state index in [-0.39, 0.29) is 24.7 Å². The summed E-state index contributed by atoms with van der Waals surface area (Å²) in [5.41, 5.74) is -1.88. The number of ether oxygens (including phenoxy) is 1. The van der Waals surface area contributed by atoms with E-state index in [1.54, 1.807) is 0 Å². The van der Waals surface area contributed by atoms with Gasteiger partial charge < -0.3 is 14.6 Å². The van der Waals surface area contributed by atoms with Crippen molar-refractivity contribution < 1.29 is 35.9 Å². The molecule has 3 heterocycles. The third-order valence-corrected chi connectivity index (χ3v) is 8.33. The lowest BCUT2D eigenvalue weighted by molar-refractivity contribution is -0.143. The van der Waals surface area contributed by atoms with Crippen LogP contribution >= 0.6 is 0 Å². The normalized spacial score (nSPS) is 22.2. The number of halogens is 6. The molecular weight excluding hydrogens is 586 g/mol. The van der Waals surface area contributed by atoms with E-state index in [4.69, 9.17) is 4.74 Å². The zero-order valence-corrected chi connectivity index (χ0v) is 24.4. The lowest BCUT2D eigenvalue weighted by Gasteiger charge is -2.41. The number of carbonyl (C=O) groups excluding carboxylic acids is 1. The molecule has 0 saturated carbocycles. The van der Waals surface area contributed by atoms with Crippen LogP contribution in [0.1, 0.15) is 40.9 Å². The van der Waals surface area contributed by atoms with Crippen LogP contribution < -0.4 is 0 Å². The van der Waals surface area contributed by atoms with Crippen molar-refractivity contribution in [1.29, 1.82) is 0 Å². The Bertz CT molecular complexity index is 1500. The van der Waals surface area contributed by atoms with Crippen molar-refractivity contribution >= 4 is 16.8 Å². The lowest BCUT2D eigenvalue weighted by atomic mass is 9.98. The topological polar surface area (TPSA) is 51.8 Å². The molecule has 6 nitrogen and oxygen atoms in total. The summed E-state index contributed by atoms with van der Waals surface area (Å²) in [6.45, 7) is 7.33. The Morgan fingerprint density at radius 3 is 2.23 bits per heavy atom. The van der Waals surface area contributed by atoms with E-state index in [0.29, 0.717) is 57.9 Å². The largest absolute Gasteiger partial charge is 0.416 e. The first-order chi connectivity index (χ1) is 20.8. The molecule has 3 atom stereocenters. The van der Waals surface area contributed by atoms with Crippen LogP contribution in [-0.2, 0) is 23.5 Å². The Balaban J connectivity index is 1.39. The van der Waals surface area contributed by atoms with Gasteiger partial charge in [-0.1, -0.05) is 30.0 Å². The molecule has 0 aliphatic carbocycles. The Morgan fingerprint density at radius 1 is 0.932 bits per heavy atom. The third-order valence-electron chi connectivity index (χ3n) is 8.33. The van der Waals surface area contributed by atoms with Crippen LogP contribution in [0.15, 0.2) is 48.7 Å². The highest BCUT2D eigenvalue weighted by molar-refractivity contribution is 5.95. The molecule has 2 aliphatic heterocycles. The van der Waals surface area contributed by atoms with Gasteiger partial charge in [0.05, 0.1) is 37.4 Å². The first kappa shape index (κ1) is 31.9. The van der Waals surface area contributed by atoms with Gasteiger partial charge in [0.25, 0.3) is 5.91 Å². The summed E-state index contributed by atoms with van der Waals surface area (Å²) >= 11 is 0. The molecule has 2 saturated heterocycles. The van der Waals surface area contributed by atoms with Crippen molar-refractivity contribution in [3.05, 3.63) is 70.9 Å². The highest BCUT2D eigenvalue weighted by atomic mass is 19.4. The third kappa shape index (κ3) is 7.22. The molecule has 0 bridgehead atoms. The number of fused-ring (bicyclic) bond motifs is 1. The molecule has 3 aromatic rings. The Hall–Kier alpha value is -3.53. The maximum atomic E-state index is 13.7. The molecule has 44 heavy (non-hydrogen) atoms. The van der Waals surface area contributed by atoms with Crippen molar-refractivity contribution in [3.63, 3.8) is 0 Å². The van der Waals surface area contributed by atoms with Gasteiger partial charge in [0, 0.05) is 60.4 Å². The molecule has 236 valence electrons. The van der Waals surface area contributed by atoms with Crippen LogP contribution in [0, 0.1) is 11.8 Å². The molecular formula is C32H34F6N4O2. The van der Waals surface area contributed by atoms with Crippen molar-refractivity contribution in [3.8, 4) is 11.8 Å². The molecule has 1 N–H and O–H groups in total. The molecule has 5 rings (SSSR count). The van der Waals surface area contributed by atoms with Crippen LogP contribution in [0.5, 0.6) is 0 Å². The number of carbonyl (C=O) groups is 1. The first-order valence-electron chi connectivity index (χ1n) is 14.5. The molecule has 12 heteroatoms. The second-order valence-electron chi connectivity index (χ2n) is 11.5. The van der Waals surface area contributed by atoms with Crippen LogP contribution in [0.4, 0.5) is 26.3 Å². The number of H-pyrrole nitrogens is 1. The van der Waals surface area contributed by atoms with Crippen molar-refractivity contribution in [2.24, 2.45) is 0 Å². The van der Waals surface area contributed by atoms with E-state index in [9.17, 15) is 31.1 Å². The van der Waals surface area contributed by atoms with E-state index in [0.717, 1.165) is 16.5 Å². The molecule has 2 fully saturated rings. The predicted octanol–water partition coefficient (Wildman–Crippen LogP) is 5.69. The second-order valence-corrected chi connectivity index (χ2v) is 11.5. The monoisotopic (exact) mass is 620 g/mol. The number of hydrogen-bond acceptors (Lipinski definition) is 4. The van der Waals surface area contributed by atoms with Crippen molar-refractivity contribution in [1.82, 2.24) is 19.7 Å². The maximum absolute atomic E-state index is 13.7. The van der Waals surface area contributed by atoms with E-state index < -0.39 is 41.0 Å². The minimum Gasteiger partial charge on any atom is -0.378 e. The molecule has 1 aromatic heterocycles. The van der Waals surface area contributed by atoms with Gasteiger partial charge in [-0.05, 0) is 50.1 Å². The Kier molecular flexibility index (Phi) is 9.30. The van der Waals surface area contributed by atoms with Gasteiger partial charge in [0.15, 0.2) is 0 Å². The minimum atomic E-state index is -5.05. The fourth-order valence-electron chi connectivity index (χ4n) is 5.97. The molecule has 2 aliphatic rings. The first-order valence-corrected chi connectivity index (χ1v) is 14.5. The average Bonchev–Trinajstić information content (AvgIpc) is 3.38. The number of nitrogens with zero attached hydrogens (tertiary/aromatic N) is 3. The summed E-state index contributed by atoms with van der Waals surface area (Å²) in [5.74, 6) is 5.57. The lowest BCUT2D eigenvalue weighted by Crippen LogP contribution is -2.56. The fourth-order valence-corrected chi connectivity index (χ4v) is 5.97. The van der Waals surface area contributed by atoms with Gasteiger partial charge in [-0.2, -0.15) is 26.3 Å². The van der Waals surface area contributed by atoms with Gasteiger partial charge in [-0.25, -0.2) is 0 Å². The highest BCUT2D eigenvalue weighted by Crippen LogP contribution is 2.37. The van der Waals surface area contributed by atoms with Crippen LogP contribution in [0.25, 0.3) is 10.9 Å². The average molecular weight is 621 g/mol. The zero-order valence-electron chi connectivity index (χ0n) is 24.4. The molecule has 0 spiro atoms. The number of benzene rings is 2. The second kappa shape index (κ2) is 12.8. The van der Waals surface area contributed by atoms with Crippen LogP contribution in [0.3, 0.4) is 0 Å². The van der Waals surface area contributed by atoms with Crippen LogP contribution in [0.2, 0.25) is 0 Å². The Morgan fingerprint density at radius 2 is 1.57 bits per heavy atom. The number of rotatable bonds is 5. The number of nitrogens with one attached hydrogen (secondary N) is 1.